The van der Waals surface area contributed by atoms with Gasteiger partial charge in [0.05, 0.1) is 23.4 Å². The third-order valence-electron chi connectivity index (χ3n) is 7.67. The van der Waals surface area contributed by atoms with E-state index in [2.05, 4.69) is 22.5 Å². The highest BCUT2D eigenvalue weighted by Gasteiger charge is 2.38. The molecule has 5 heterocycles. The van der Waals surface area contributed by atoms with Gasteiger partial charge in [-0.05, 0) is 50.8 Å². The van der Waals surface area contributed by atoms with Gasteiger partial charge in [-0.25, -0.2) is 13.4 Å². The summed E-state index contributed by atoms with van der Waals surface area (Å²) in [6.07, 6.45) is 6.47. The van der Waals surface area contributed by atoms with Gasteiger partial charge in [0.1, 0.15) is 15.7 Å². The highest BCUT2D eigenvalue weighted by molar-refractivity contribution is 7.91. The molecule has 1 atom stereocenters. The maximum absolute atomic E-state index is 12.1. The molecule has 1 unspecified atom stereocenters. The van der Waals surface area contributed by atoms with Gasteiger partial charge in [0.2, 0.25) is 0 Å². The number of hydrogen-bond acceptors (Lipinski definition) is 8. The minimum Gasteiger partial charge on any atom is -0.359 e. The first-order chi connectivity index (χ1) is 17.2. The fraction of sp³-hybridized carbons (Fsp3) is 0.423. The van der Waals surface area contributed by atoms with Crippen LogP contribution < -0.4 is 5.32 Å². The molecule has 2 N–H and O–H groups in total. The molecule has 188 valence electrons. The Morgan fingerprint density at radius 2 is 1.89 bits per heavy atom. The monoisotopic (exact) mass is 506 g/mol. The van der Waals surface area contributed by atoms with Crippen LogP contribution in [0.2, 0.25) is 0 Å². The zero-order valence-electron chi connectivity index (χ0n) is 20.5. The fourth-order valence-corrected chi connectivity index (χ4v) is 6.85. The van der Waals surface area contributed by atoms with Gasteiger partial charge in [-0.3, -0.25) is 9.89 Å². The number of rotatable bonds is 3. The summed E-state index contributed by atoms with van der Waals surface area (Å²) in [7, 11) is -1.15. The lowest BCUT2D eigenvalue weighted by Crippen LogP contribution is -2.53. The van der Waals surface area contributed by atoms with Gasteiger partial charge < -0.3 is 10.4 Å². The first kappa shape index (κ1) is 23.3. The van der Waals surface area contributed by atoms with E-state index in [4.69, 9.17) is 9.98 Å². The molecule has 0 aliphatic carbocycles. The van der Waals surface area contributed by atoms with Gasteiger partial charge in [-0.2, -0.15) is 9.61 Å². The average Bonchev–Trinajstić information content (AvgIpc) is 3.29. The molecule has 0 spiro atoms. The van der Waals surface area contributed by atoms with Gasteiger partial charge in [0.25, 0.3) is 0 Å². The normalized spacial score (nSPS) is 24.6. The molecule has 10 heteroatoms. The molecule has 3 aliphatic rings. The Kier molecular flexibility index (Phi) is 5.51. The molecule has 0 amide bonds. The summed E-state index contributed by atoms with van der Waals surface area (Å²) < 4.78 is 26.0. The molecular weight excluding hydrogens is 476 g/mol. The molecule has 36 heavy (non-hydrogen) atoms. The van der Waals surface area contributed by atoms with Crippen molar-refractivity contribution in [3.05, 3.63) is 65.1 Å². The van der Waals surface area contributed by atoms with E-state index in [0.717, 1.165) is 46.5 Å². The fourth-order valence-electron chi connectivity index (χ4n) is 5.36. The van der Waals surface area contributed by atoms with E-state index in [9.17, 15) is 13.5 Å². The molecular formula is C26H30N6O3S. The number of sulfone groups is 1. The highest BCUT2D eigenvalue weighted by Crippen LogP contribution is 2.39. The van der Waals surface area contributed by atoms with Crippen LogP contribution in [0.3, 0.4) is 0 Å². The second kappa shape index (κ2) is 8.50. The summed E-state index contributed by atoms with van der Waals surface area (Å²) in [6.45, 7) is 2.20. The van der Waals surface area contributed by atoms with Crippen molar-refractivity contribution >= 4 is 32.6 Å². The smallest absolute Gasteiger partial charge is 0.193 e. The molecule has 6 rings (SSSR count). The number of aliphatic hydroxyl groups is 1. The standard InChI is InChI=1S/C26H30N6O3S/c1-26(33)30-25-21(16-31(26)2)23(18-10-12-36(34,35)13-11-18)29-24-20(15-28-32(24)25)19-8-9-22(27-14-19)17-6-4-3-5-7-17/h3-7,14-15,18,30,33H,8-13,16H2,1-2H3. The Hall–Kier alpha value is -3.08. The van der Waals surface area contributed by atoms with Crippen LogP contribution in [0.5, 0.6) is 0 Å². The van der Waals surface area contributed by atoms with Crippen molar-refractivity contribution in [2.45, 2.75) is 50.9 Å². The van der Waals surface area contributed by atoms with Crippen molar-refractivity contribution in [2.24, 2.45) is 4.99 Å². The van der Waals surface area contributed by atoms with Crippen LogP contribution in [-0.2, 0) is 16.4 Å². The van der Waals surface area contributed by atoms with Crippen LogP contribution in [0.4, 0.5) is 5.82 Å². The Balaban J connectivity index is 1.46. The maximum atomic E-state index is 12.1. The molecule has 3 aliphatic heterocycles. The minimum absolute atomic E-state index is 0.0383. The number of fused-ring (bicyclic) bond motifs is 3. The van der Waals surface area contributed by atoms with Crippen LogP contribution in [0.25, 0.3) is 11.2 Å². The van der Waals surface area contributed by atoms with Crippen molar-refractivity contribution in [1.82, 2.24) is 19.5 Å². The van der Waals surface area contributed by atoms with Crippen molar-refractivity contribution in [2.75, 3.05) is 23.9 Å². The zero-order valence-corrected chi connectivity index (χ0v) is 21.3. The molecule has 3 aromatic rings. The lowest BCUT2D eigenvalue weighted by atomic mass is 9.93. The highest BCUT2D eigenvalue weighted by atomic mass is 32.2. The van der Waals surface area contributed by atoms with Crippen LogP contribution in [-0.4, -0.2) is 63.1 Å². The summed E-state index contributed by atoms with van der Waals surface area (Å²) in [5.41, 5.74) is 6.73. The number of nitrogens with one attached hydrogen (secondary N) is 1. The van der Waals surface area contributed by atoms with E-state index >= 15 is 0 Å². The van der Waals surface area contributed by atoms with Crippen LogP contribution in [0.15, 0.2) is 47.7 Å². The number of anilines is 1. The Morgan fingerprint density at radius 1 is 1.14 bits per heavy atom. The minimum atomic E-state index is -2.99. The summed E-state index contributed by atoms with van der Waals surface area (Å²) in [6, 6.07) is 10.2. The van der Waals surface area contributed by atoms with E-state index in [1.165, 1.54) is 0 Å². The Morgan fingerprint density at radius 3 is 2.58 bits per heavy atom. The summed E-state index contributed by atoms with van der Waals surface area (Å²) in [4.78, 5) is 11.7. The Bertz CT molecular complexity index is 1490. The van der Waals surface area contributed by atoms with Gasteiger partial charge >= 0.3 is 0 Å². The third kappa shape index (κ3) is 4.03. The lowest BCUT2D eigenvalue weighted by molar-refractivity contribution is -0.0655. The molecule has 2 aromatic heterocycles. The number of nitrogens with zero attached hydrogens (tertiary/aromatic N) is 5. The van der Waals surface area contributed by atoms with Gasteiger partial charge in [-0.1, -0.05) is 30.3 Å². The summed E-state index contributed by atoms with van der Waals surface area (Å²) >= 11 is 0. The van der Waals surface area contributed by atoms with Crippen molar-refractivity contribution in [3.8, 4) is 0 Å². The number of allylic oxidation sites excluding steroid dienone is 1. The number of hydrogen-bond donors (Lipinski definition) is 2. The largest absolute Gasteiger partial charge is 0.359 e. The molecule has 1 aromatic carbocycles. The Labute approximate surface area is 210 Å². The molecule has 1 fully saturated rings. The topological polar surface area (TPSA) is 112 Å². The van der Waals surface area contributed by atoms with Gasteiger partial charge in [0, 0.05) is 35.5 Å². The predicted molar refractivity (Wildman–Crippen MR) is 140 cm³/mol. The van der Waals surface area contributed by atoms with E-state index in [-0.39, 0.29) is 17.4 Å². The van der Waals surface area contributed by atoms with Crippen LogP contribution >= 0.6 is 0 Å². The molecule has 0 saturated carbocycles. The molecule has 1 saturated heterocycles. The van der Waals surface area contributed by atoms with E-state index in [0.29, 0.717) is 30.9 Å². The lowest BCUT2D eigenvalue weighted by Gasteiger charge is -2.41. The summed E-state index contributed by atoms with van der Waals surface area (Å²) in [5, 5.41) is 18.9. The molecule has 0 bridgehead atoms. The molecule has 0 radical (unpaired) electrons. The van der Waals surface area contributed by atoms with Crippen LogP contribution in [0, 0.1) is 0 Å². The van der Waals surface area contributed by atoms with Gasteiger partial charge in [0.15, 0.2) is 11.5 Å². The van der Waals surface area contributed by atoms with E-state index in [1.807, 2.05) is 42.5 Å². The predicted octanol–water partition coefficient (Wildman–Crippen LogP) is 3.17. The zero-order chi connectivity index (χ0) is 25.1. The quantitative estimate of drug-likeness (QED) is 0.561. The third-order valence-corrected chi connectivity index (χ3v) is 9.39. The second-order valence-electron chi connectivity index (χ2n) is 10.1. The van der Waals surface area contributed by atoms with Crippen molar-refractivity contribution in [3.63, 3.8) is 0 Å². The average molecular weight is 507 g/mol. The first-order valence-electron chi connectivity index (χ1n) is 12.4. The van der Waals surface area contributed by atoms with Gasteiger partial charge in [-0.15, -0.1) is 0 Å². The molecule has 9 nitrogen and oxygen atoms in total. The van der Waals surface area contributed by atoms with Crippen molar-refractivity contribution < 1.29 is 13.5 Å². The number of aliphatic imine (C=N–C) groups is 1. The number of aromatic nitrogens is 3. The SMILES string of the molecule is CN1Cc2c(C3CCS(=O)(=O)CC3)nc3c(C4=CN=C(c5ccccc5)CC4)cnn3c2NC1(C)O. The van der Waals surface area contributed by atoms with E-state index in [1.54, 1.807) is 11.4 Å². The second-order valence-corrected chi connectivity index (χ2v) is 12.4. The summed E-state index contributed by atoms with van der Waals surface area (Å²) in [5.74, 6) is -0.151. The first-order valence-corrected chi connectivity index (χ1v) is 14.2. The van der Waals surface area contributed by atoms with E-state index < -0.39 is 15.7 Å². The number of benzene rings is 1. The van der Waals surface area contributed by atoms with Crippen LogP contribution in [0.1, 0.15) is 60.9 Å². The van der Waals surface area contributed by atoms with Crippen molar-refractivity contribution in [1.29, 1.82) is 0 Å². The maximum Gasteiger partial charge on any atom is 0.193 e.